The average Bonchev–Trinajstić information content (AvgIpc) is 2.97. The zero-order valence-corrected chi connectivity index (χ0v) is 11.9. The number of hydrogen-bond donors (Lipinski definition) is 1. The second-order valence-corrected chi connectivity index (χ2v) is 5.65. The van der Waals surface area contributed by atoms with Crippen LogP contribution >= 0.6 is 11.6 Å². The summed E-state index contributed by atoms with van der Waals surface area (Å²) in [5, 5.41) is 4.54. The fraction of sp³-hybridized carbons (Fsp3) is 0.500. The average molecular weight is 293 g/mol. The summed E-state index contributed by atoms with van der Waals surface area (Å²) in [4.78, 5) is 8.66. The summed E-state index contributed by atoms with van der Waals surface area (Å²) in [6.07, 6.45) is 6.04. The lowest BCUT2D eigenvalue weighted by Crippen LogP contribution is -2.20. The van der Waals surface area contributed by atoms with Crippen molar-refractivity contribution < 1.29 is 4.52 Å². The van der Waals surface area contributed by atoms with Crippen LogP contribution < -0.4 is 5.73 Å². The Morgan fingerprint density at radius 1 is 1.30 bits per heavy atom. The third kappa shape index (κ3) is 2.69. The predicted molar refractivity (Wildman–Crippen MR) is 76.3 cm³/mol. The molecule has 6 heteroatoms. The van der Waals surface area contributed by atoms with Crippen LogP contribution in [0.25, 0.3) is 11.5 Å². The standard InChI is InChI=1S/C14H17ClN4O/c15-11-2-1-7-17-12(11)13-18-14(20-19-13)10-5-3-9(8-16)4-6-10/h1-2,7,9-10H,3-6,8,16H2. The maximum atomic E-state index is 6.09. The maximum Gasteiger partial charge on any atom is 0.230 e. The molecule has 0 atom stereocenters. The van der Waals surface area contributed by atoms with E-state index < -0.39 is 0 Å². The van der Waals surface area contributed by atoms with Gasteiger partial charge in [-0.05, 0) is 50.3 Å². The smallest absolute Gasteiger partial charge is 0.230 e. The van der Waals surface area contributed by atoms with E-state index in [1.54, 1.807) is 18.3 Å². The first-order chi connectivity index (χ1) is 9.78. The highest BCUT2D eigenvalue weighted by atomic mass is 35.5. The summed E-state index contributed by atoms with van der Waals surface area (Å²) in [6.45, 7) is 0.769. The van der Waals surface area contributed by atoms with Crippen molar-refractivity contribution in [2.45, 2.75) is 31.6 Å². The van der Waals surface area contributed by atoms with Crippen molar-refractivity contribution >= 4 is 11.6 Å². The highest BCUT2D eigenvalue weighted by molar-refractivity contribution is 6.32. The van der Waals surface area contributed by atoms with Crippen LogP contribution in [0, 0.1) is 5.92 Å². The molecule has 1 aliphatic carbocycles. The van der Waals surface area contributed by atoms with Gasteiger partial charge in [0.1, 0.15) is 5.69 Å². The molecule has 2 heterocycles. The number of nitrogens with zero attached hydrogens (tertiary/aromatic N) is 3. The molecule has 0 spiro atoms. The Balaban J connectivity index is 1.76. The third-order valence-corrected chi connectivity index (χ3v) is 4.25. The molecule has 0 bridgehead atoms. The Kier molecular flexibility index (Phi) is 3.98. The molecule has 1 saturated carbocycles. The van der Waals surface area contributed by atoms with Gasteiger partial charge in [-0.15, -0.1) is 0 Å². The summed E-state index contributed by atoms with van der Waals surface area (Å²) < 4.78 is 5.39. The monoisotopic (exact) mass is 292 g/mol. The molecule has 106 valence electrons. The third-order valence-electron chi connectivity index (χ3n) is 3.94. The number of halogens is 1. The molecule has 0 amide bonds. The van der Waals surface area contributed by atoms with Crippen molar-refractivity contribution in [3.05, 3.63) is 29.2 Å². The van der Waals surface area contributed by atoms with E-state index in [2.05, 4.69) is 15.1 Å². The van der Waals surface area contributed by atoms with Crippen molar-refractivity contribution in [3.8, 4) is 11.5 Å². The van der Waals surface area contributed by atoms with Gasteiger partial charge in [0.2, 0.25) is 11.7 Å². The summed E-state index contributed by atoms with van der Waals surface area (Å²) in [7, 11) is 0. The van der Waals surface area contributed by atoms with E-state index in [-0.39, 0.29) is 0 Å². The van der Waals surface area contributed by atoms with Crippen LogP contribution in [-0.2, 0) is 0 Å². The van der Waals surface area contributed by atoms with E-state index in [0.29, 0.717) is 34.3 Å². The van der Waals surface area contributed by atoms with Crippen molar-refractivity contribution in [2.75, 3.05) is 6.54 Å². The lowest BCUT2D eigenvalue weighted by Gasteiger charge is -2.24. The van der Waals surface area contributed by atoms with E-state index in [9.17, 15) is 0 Å². The molecule has 0 aromatic carbocycles. The highest BCUT2D eigenvalue weighted by Crippen LogP contribution is 2.35. The van der Waals surface area contributed by atoms with Crippen LogP contribution in [0.15, 0.2) is 22.9 Å². The first kappa shape index (κ1) is 13.5. The van der Waals surface area contributed by atoms with Crippen LogP contribution in [0.3, 0.4) is 0 Å². The van der Waals surface area contributed by atoms with Crippen molar-refractivity contribution in [1.29, 1.82) is 0 Å². The molecular weight excluding hydrogens is 276 g/mol. The topological polar surface area (TPSA) is 77.8 Å². The SMILES string of the molecule is NCC1CCC(c2nc(-c3ncccc3Cl)no2)CC1. The van der Waals surface area contributed by atoms with Crippen molar-refractivity contribution in [2.24, 2.45) is 11.7 Å². The van der Waals surface area contributed by atoms with Crippen molar-refractivity contribution in [1.82, 2.24) is 15.1 Å². The molecule has 2 aromatic rings. The van der Waals surface area contributed by atoms with E-state index in [1.807, 2.05) is 0 Å². The Bertz CT molecular complexity index is 578. The van der Waals surface area contributed by atoms with Gasteiger partial charge >= 0.3 is 0 Å². The number of hydrogen-bond acceptors (Lipinski definition) is 5. The number of pyridine rings is 1. The normalized spacial score (nSPS) is 22.9. The van der Waals surface area contributed by atoms with Crippen LogP contribution in [0.2, 0.25) is 5.02 Å². The minimum atomic E-state index is 0.335. The minimum absolute atomic E-state index is 0.335. The second-order valence-electron chi connectivity index (χ2n) is 5.24. The van der Waals surface area contributed by atoms with Crippen molar-refractivity contribution in [3.63, 3.8) is 0 Å². The molecule has 0 unspecified atom stereocenters. The van der Waals surface area contributed by atoms with Gasteiger partial charge in [-0.25, -0.2) is 0 Å². The quantitative estimate of drug-likeness (QED) is 0.941. The first-order valence-electron chi connectivity index (χ1n) is 6.92. The predicted octanol–water partition coefficient (Wildman–Crippen LogP) is 3.02. The van der Waals surface area contributed by atoms with E-state index in [4.69, 9.17) is 21.9 Å². The lowest BCUT2D eigenvalue weighted by atomic mass is 9.82. The van der Waals surface area contributed by atoms with Gasteiger partial charge in [0.15, 0.2) is 0 Å². The van der Waals surface area contributed by atoms with E-state index >= 15 is 0 Å². The summed E-state index contributed by atoms with van der Waals surface area (Å²) in [6, 6.07) is 3.55. The van der Waals surface area contributed by atoms with Gasteiger partial charge in [0.05, 0.1) is 5.02 Å². The van der Waals surface area contributed by atoms with Gasteiger partial charge in [-0.1, -0.05) is 16.8 Å². The fourth-order valence-electron chi connectivity index (χ4n) is 2.69. The Morgan fingerprint density at radius 3 is 2.80 bits per heavy atom. The van der Waals surface area contributed by atoms with Crippen LogP contribution in [0.1, 0.15) is 37.5 Å². The molecule has 20 heavy (non-hydrogen) atoms. The molecule has 1 aliphatic rings. The Labute approximate surface area is 122 Å². The van der Waals surface area contributed by atoms with Crippen LogP contribution in [0.4, 0.5) is 0 Å². The largest absolute Gasteiger partial charge is 0.339 e. The van der Waals surface area contributed by atoms with E-state index in [0.717, 1.165) is 32.2 Å². The molecular formula is C14H17ClN4O. The zero-order valence-electron chi connectivity index (χ0n) is 11.1. The van der Waals surface area contributed by atoms with Crippen LogP contribution in [0.5, 0.6) is 0 Å². The number of aromatic nitrogens is 3. The maximum absolute atomic E-state index is 6.09. The van der Waals surface area contributed by atoms with Gasteiger partial charge in [0.25, 0.3) is 0 Å². The van der Waals surface area contributed by atoms with Gasteiger partial charge in [0, 0.05) is 12.1 Å². The molecule has 2 aromatic heterocycles. The number of rotatable bonds is 3. The highest BCUT2D eigenvalue weighted by Gasteiger charge is 2.26. The van der Waals surface area contributed by atoms with Gasteiger partial charge < -0.3 is 10.3 Å². The molecule has 5 nitrogen and oxygen atoms in total. The molecule has 3 rings (SSSR count). The fourth-order valence-corrected chi connectivity index (χ4v) is 2.90. The zero-order chi connectivity index (χ0) is 13.9. The Hall–Kier alpha value is -1.46. The number of nitrogens with two attached hydrogens (primary N) is 1. The minimum Gasteiger partial charge on any atom is -0.339 e. The molecule has 0 radical (unpaired) electrons. The van der Waals surface area contributed by atoms with Gasteiger partial charge in [-0.2, -0.15) is 4.98 Å². The summed E-state index contributed by atoms with van der Waals surface area (Å²) >= 11 is 6.09. The second kappa shape index (κ2) is 5.89. The molecule has 2 N–H and O–H groups in total. The van der Waals surface area contributed by atoms with E-state index in [1.165, 1.54) is 0 Å². The molecule has 0 saturated heterocycles. The molecule has 1 fully saturated rings. The summed E-state index contributed by atoms with van der Waals surface area (Å²) in [5.74, 6) is 2.13. The van der Waals surface area contributed by atoms with Crippen LogP contribution in [-0.4, -0.2) is 21.7 Å². The summed E-state index contributed by atoms with van der Waals surface area (Å²) in [5.41, 5.74) is 6.28. The first-order valence-corrected chi connectivity index (χ1v) is 7.30. The lowest BCUT2D eigenvalue weighted by molar-refractivity contribution is 0.275. The molecule has 0 aliphatic heterocycles. The van der Waals surface area contributed by atoms with Gasteiger partial charge in [-0.3, -0.25) is 4.98 Å². The Morgan fingerprint density at radius 2 is 2.10 bits per heavy atom.